The van der Waals surface area contributed by atoms with E-state index in [0.29, 0.717) is 5.75 Å². The van der Waals surface area contributed by atoms with Crippen molar-refractivity contribution in [3.63, 3.8) is 0 Å². The first-order valence-electron chi connectivity index (χ1n) is 6.86. The van der Waals surface area contributed by atoms with Crippen LogP contribution in [0.15, 0.2) is 60.9 Å². The number of benzene rings is 2. The lowest BCUT2D eigenvalue weighted by Crippen LogP contribution is -2.18. The van der Waals surface area contributed by atoms with Crippen molar-refractivity contribution in [2.24, 2.45) is 0 Å². The second-order valence-electron chi connectivity index (χ2n) is 4.88. The Morgan fingerprint density at radius 2 is 1.82 bits per heavy atom. The van der Waals surface area contributed by atoms with Crippen molar-refractivity contribution in [1.82, 2.24) is 0 Å². The van der Waals surface area contributed by atoms with Crippen LogP contribution in [0, 0.1) is 0 Å². The van der Waals surface area contributed by atoms with Gasteiger partial charge in [-0.15, -0.1) is 0 Å². The zero-order valence-corrected chi connectivity index (χ0v) is 12.0. The van der Waals surface area contributed by atoms with Crippen LogP contribution >= 0.6 is 0 Å². The third-order valence-electron chi connectivity index (χ3n) is 3.61. The van der Waals surface area contributed by atoms with Crippen LogP contribution < -0.4 is 4.74 Å². The summed E-state index contributed by atoms with van der Waals surface area (Å²) in [6.45, 7) is 0. The van der Waals surface area contributed by atoms with Gasteiger partial charge in [0.25, 0.3) is 5.78 Å². The summed E-state index contributed by atoms with van der Waals surface area (Å²) in [6, 6.07) is 15.1. The Morgan fingerprint density at radius 1 is 1.05 bits per heavy atom. The number of para-hydroxylation sites is 1. The topological polar surface area (TPSA) is 52.6 Å². The van der Waals surface area contributed by atoms with Gasteiger partial charge in [0.2, 0.25) is 0 Å². The summed E-state index contributed by atoms with van der Waals surface area (Å²) in [4.78, 5) is 23.6. The lowest BCUT2D eigenvalue weighted by molar-refractivity contribution is -0.135. The summed E-state index contributed by atoms with van der Waals surface area (Å²) in [5.41, 5.74) is 2.16. The van der Waals surface area contributed by atoms with Gasteiger partial charge in [0.15, 0.2) is 0 Å². The molecule has 4 heteroatoms. The number of ketones is 1. The summed E-state index contributed by atoms with van der Waals surface area (Å²) in [5, 5.41) is 0. The molecule has 0 bridgehead atoms. The number of carbonyl (C=O) groups excluding carboxylic acids is 2. The number of allylic oxidation sites excluding steroid dienone is 1. The molecule has 1 heterocycles. The molecule has 0 amide bonds. The average molecular weight is 294 g/mol. The molecule has 0 aromatic heterocycles. The van der Waals surface area contributed by atoms with Crippen molar-refractivity contribution in [3.8, 4) is 5.75 Å². The Hall–Kier alpha value is -2.88. The number of hydrogen-bond acceptors (Lipinski definition) is 4. The van der Waals surface area contributed by atoms with E-state index in [1.54, 1.807) is 18.4 Å². The fourth-order valence-corrected chi connectivity index (χ4v) is 2.55. The van der Waals surface area contributed by atoms with Crippen LogP contribution in [-0.4, -0.2) is 18.9 Å². The molecule has 3 rings (SSSR count). The van der Waals surface area contributed by atoms with Crippen molar-refractivity contribution < 1.29 is 19.1 Å². The van der Waals surface area contributed by atoms with E-state index in [1.807, 2.05) is 42.5 Å². The lowest BCUT2D eigenvalue weighted by atomic mass is 9.88. The van der Waals surface area contributed by atoms with E-state index in [4.69, 9.17) is 4.74 Å². The van der Waals surface area contributed by atoms with E-state index < -0.39 is 11.8 Å². The summed E-state index contributed by atoms with van der Waals surface area (Å²) in [6.07, 6.45) is 3.47. The Kier molecular flexibility index (Phi) is 3.74. The van der Waals surface area contributed by atoms with E-state index in [1.165, 1.54) is 7.11 Å². The highest BCUT2D eigenvalue weighted by atomic mass is 16.5. The van der Waals surface area contributed by atoms with Gasteiger partial charge in [-0.3, -0.25) is 4.79 Å². The fourth-order valence-electron chi connectivity index (χ4n) is 2.55. The first-order valence-corrected chi connectivity index (χ1v) is 6.86. The molecule has 1 aliphatic heterocycles. The molecule has 110 valence electrons. The number of fused-ring (bicyclic) bond motifs is 1. The van der Waals surface area contributed by atoms with Crippen molar-refractivity contribution in [3.05, 3.63) is 77.6 Å². The molecule has 2 aromatic rings. The molecule has 0 saturated carbocycles. The summed E-state index contributed by atoms with van der Waals surface area (Å²) >= 11 is 0. The second-order valence-corrected chi connectivity index (χ2v) is 4.88. The minimum atomic E-state index is -0.900. The molecule has 0 N–H and O–H groups in total. The van der Waals surface area contributed by atoms with Gasteiger partial charge in [0, 0.05) is 11.5 Å². The summed E-state index contributed by atoms with van der Waals surface area (Å²) in [7, 11) is 1.18. The molecule has 1 unspecified atom stereocenters. The number of Topliss-reactive ketones (excluding diaryl/α,β-unsaturated/α-hetero) is 1. The van der Waals surface area contributed by atoms with Crippen LogP contribution in [0.4, 0.5) is 0 Å². The number of ether oxygens (including phenoxy) is 2. The number of rotatable bonds is 3. The molecule has 0 fully saturated rings. The Labute approximate surface area is 128 Å². The highest BCUT2D eigenvalue weighted by Crippen LogP contribution is 2.38. The van der Waals surface area contributed by atoms with Gasteiger partial charge in [0.1, 0.15) is 5.75 Å². The molecule has 0 aliphatic carbocycles. The SMILES string of the molecule is COC(=O)C(=O)c1cccc2c1OC=CC2c1ccccc1. The largest absolute Gasteiger partial charge is 0.464 e. The van der Waals surface area contributed by atoms with Crippen LogP contribution in [0.25, 0.3) is 0 Å². The van der Waals surface area contributed by atoms with Crippen LogP contribution in [-0.2, 0) is 9.53 Å². The third kappa shape index (κ3) is 2.39. The molecule has 1 atom stereocenters. The molecular weight excluding hydrogens is 280 g/mol. The standard InChI is InChI=1S/C18H14O4/c1-21-18(20)16(19)15-9-5-8-14-13(10-11-22-17(14)15)12-6-3-2-4-7-12/h2-11,13H,1H3. The van der Waals surface area contributed by atoms with E-state index in [9.17, 15) is 9.59 Å². The molecule has 0 spiro atoms. The lowest BCUT2D eigenvalue weighted by Gasteiger charge is -2.22. The van der Waals surface area contributed by atoms with E-state index >= 15 is 0 Å². The van der Waals surface area contributed by atoms with Crippen molar-refractivity contribution in [1.29, 1.82) is 0 Å². The first kappa shape index (κ1) is 14.1. The molecule has 4 nitrogen and oxygen atoms in total. The first-order chi connectivity index (χ1) is 10.7. The molecule has 22 heavy (non-hydrogen) atoms. The number of esters is 1. The highest BCUT2D eigenvalue weighted by Gasteiger charge is 2.27. The molecule has 2 aromatic carbocycles. The smallest absolute Gasteiger partial charge is 0.379 e. The molecule has 0 saturated heterocycles. The number of methoxy groups -OCH3 is 1. The van der Waals surface area contributed by atoms with Crippen LogP contribution in [0.5, 0.6) is 5.75 Å². The predicted octanol–water partition coefficient (Wildman–Crippen LogP) is 3.08. The maximum atomic E-state index is 12.1. The number of hydrogen-bond donors (Lipinski definition) is 0. The molecule has 1 aliphatic rings. The third-order valence-corrected chi connectivity index (χ3v) is 3.61. The Bertz CT molecular complexity index is 747. The normalized spacial score (nSPS) is 15.6. The van der Waals surface area contributed by atoms with Crippen LogP contribution in [0.3, 0.4) is 0 Å². The minimum Gasteiger partial charge on any atom is -0.464 e. The van der Waals surface area contributed by atoms with Crippen molar-refractivity contribution >= 4 is 11.8 Å². The van der Waals surface area contributed by atoms with Gasteiger partial charge in [-0.1, -0.05) is 42.5 Å². The quantitative estimate of drug-likeness (QED) is 0.496. The average Bonchev–Trinajstić information content (AvgIpc) is 2.60. The predicted molar refractivity (Wildman–Crippen MR) is 80.8 cm³/mol. The molecular formula is C18H14O4. The Morgan fingerprint density at radius 3 is 2.55 bits per heavy atom. The zero-order chi connectivity index (χ0) is 15.5. The van der Waals surface area contributed by atoms with Crippen LogP contribution in [0.2, 0.25) is 0 Å². The fraction of sp³-hybridized carbons (Fsp3) is 0.111. The van der Waals surface area contributed by atoms with E-state index in [-0.39, 0.29) is 11.5 Å². The van der Waals surface area contributed by atoms with Gasteiger partial charge < -0.3 is 9.47 Å². The van der Waals surface area contributed by atoms with E-state index in [0.717, 1.165) is 11.1 Å². The summed E-state index contributed by atoms with van der Waals surface area (Å²) in [5.74, 6) is -1.21. The van der Waals surface area contributed by atoms with Gasteiger partial charge in [0.05, 0.1) is 18.9 Å². The highest BCUT2D eigenvalue weighted by molar-refractivity contribution is 6.41. The van der Waals surface area contributed by atoms with Crippen molar-refractivity contribution in [2.45, 2.75) is 5.92 Å². The number of carbonyl (C=O) groups is 2. The van der Waals surface area contributed by atoms with Gasteiger partial charge in [-0.25, -0.2) is 4.79 Å². The zero-order valence-electron chi connectivity index (χ0n) is 12.0. The summed E-state index contributed by atoms with van der Waals surface area (Å²) < 4.78 is 10.0. The van der Waals surface area contributed by atoms with E-state index in [2.05, 4.69) is 4.74 Å². The van der Waals surface area contributed by atoms with Gasteiger partial charge >= 0.3 is 5.97 Å². The van der Waals surface area contributed by atoms with Gasteiger partial charge in [-0.2, -0.15) is 0 Å². The van der Waals surface area contributed by atoms with Gasteiger partial charge in [-0.05, 0) is 17.7 Å². The maximum Gasteiger partial charge on any atom is 0.379 e. The van der Waals surface area contributed by atoms with Crippen molar-refractivity contribution in [2.75, 3.05) is 7.11 Å². The minimum absolute atomic E-state index is 0.0182. The Balaban J connectivity index is 2.08. The second kappa shape index (κ2) is 5.85. The molecule has 0 radical (unpaired) electrons. The monoisotopic (exact) mass is 294 g/mol. The van der Waals surface area contributed by atoms with Crippen LogP contribution in [0.1, 0.15) is 27.4 Å². The maximum absolute atomic E-state index is 12.1.